The molecule has 114 valence electrons. The van der Waals surface area contributed by atoms with Crippen LogP contribution in [-0.4, -0.2) is 26.4 Å². The van der Waals surface area contributed by atoms with Gasteiger partial charge in [0.15, 0.2) is 22.8 Å². The van der Waals surface area contributed by atoms with Crippen molar-refractivity contribution in [2.45, 2.75) is 0 Å². The molecule has 2 aromatic carbocycles. The fraction of sp³-hybridized carbons (Fsp3) is 0.188. The summed E-state index contributed by atoms with van der Waals surface area (Å²) >= 11 is 0. The van der Waals surface area contributed by atoms with Gasteiger partial charge in [0.05, 0.1) is 26.7 Å². The zero-order chi connectivity index (χ0) is 15.9. The monoisotopic (exact) mass is 302 g/mol. The van der Waals surface area contributed by atoms with Crippen LogP contribution in [0.15, 0.2) is 33.5 Å². The predicted octanol–water partition coefficient (Wildman–Crippen LogP) is 2.68. The fourth-order valence-corrected chi connectivity index (χ4v) is 2.46. The van der Waals surface area contributed by atoms with Crippen molar-refractivity contribution in [1.82, 2.24) is 0 Å². The Morgan fingerprint density at radius 1 is 1.05 bits per heavy atom. The van der Waals surface area contributed by atoms with Gasteiger partial charge in [0.25, 0.3) is 0 Å². The highest BCUT2D eigenvalue weighted by atomic mass is 16.5. The Morgan fingerprint density at radius 3 is 2.41 bits per heavy atom. The van der Waals surface area contributed by atoms with Crippen molar-refractivity contribution in [3.63, 3.8) is 0 Å². The van der Waals surface area contributed by atoms with Gasteiger partial charge in [-0.05, 0) is 12.1 Å². The van der Waals surface area contributed by atoms with Gasteiger partial charge in [-0.25, -0.2) is 0 Å². The topological polar surface area (TPSA) is 78.1 Å². The fourth-order valence-electron chi connectivity index (χ4n) is 2.46. The molecule has 0 saturated carbocycles. The van der Waals surface area contributed by atoms with Gasteiger partial charge in [0.1, 0.15) is 11.0 Å². The average Bonchev–Trinajstić information content (AvgIpc) is 2.53. The minimum atomic E-state index is -0.367. The van der Waals surface area contributed by atoms with Crippen LogP contribution >= 0.6 is 0 Å². The number of methoxy groups -OCH3 is 3. The molecule has 0 unspecified atom stereocenters. The van der Waals surface area contributed by atoms with Crippen molar-refractivity contribution in [1.29, 1.82) is 0 Å². The van der Waals surface area contributed by atoms with Crippen LogP contribution in [0.4, 0.5) is 0 Å². The van der Waals surface area contributed by atoms with Gasteiger partial charge in [0.2, 0.25) is 11.2 Å². The maximum Gasteiger partial charge on any atom is 0.204 e. The molecule has 0 aliphatic carbocycles. The van der Waals surface area contributed by atoms with Crippen LogP contribution in [0.3, 0.4) is 0 Å². The first-order valence-corrected chi connectivity index (χ1v) is 6.49. The van der Waals surface area contributed by atoms with E-state index in [1.54, 1.807) is 18.2 Å². The van der Waals surface area contributed by atoms with Gasteiger partial charge in [-0.1, -0.05) is 6.07 Å². The Bertz CT molecular complexity index is 925. The summed E-state index contributed by atoms with van der Waals surface area (Å²) in [6, 6.07) is 6.49. The van der Waals surface area contributed by atoms with Gasteiger partial charge in [0, 0.05) is 6.07 Å². The second-order valence-corrected chi connectivity index (χ2v) is 4.60. The van der Waals surface area contributed by atoms with Gasteiger partial charge in [-0.3, -0.25) is 4.79 Å². The van der Waals surface area contributed by atoms with E-state index >= 15 is 0 Å². The second-order valence-electron chi connectivity index (χ2n) is 4.60. The number of phenolic OH excluding ortho intramolecular Hbond substituents is 1. The highest BCUT2D eigenvalue weighted by Gasteiger charge is 2.20. The summed E-state index contributed by atoms with van der Waals surface area (Å²) in [6.45, 7) is 0. The number of phenols is 1. The minimum Gasteiger partial charge on any atom is -0.504 e. The first kappa shape index (κ1) is 14.1. The van der Waals surface area contributed by atoms with Crippen LogP contribution in [0.1, 0.15) is 0 Å². The number of hydrogen-bond donors (Lipinski definition) is 1. The largest absolute Gasteiger partial charge is 0.504 e. The molecule has 1 heterocycles. The first-order valence-electron chi connectivity index (χ1n) is 6.49. The molecule has 22 heavy (non-hydrogen) atoms. The van der Waals surface area contributed by atoms with Crippen molar-refractivity contribution in [2.75, 3.05) is 21.3 Å². The lowest BCUT2D eigenvalue weighted by atomic mass is 10.1. The summed E-state index contributed by atoms with van der Waals surface area (Å²) in [5.41, 5.74) is 0.139. The second kappa shape index (κ2) is 5.14. The van der Waals surface area contributed by atoms with Crippen LogP contribution in [0.2, 0.25) is 0 Å². The molecule has 6 nitrogen and oxygen atoms in total. The zero-order valence-electron chi connectivity index (χ0n) is 12.3. The molecular formula is C16H14O6. The number of benzene rings is 2. The summed E-state index contributed by atoms with van der Waals surface area (Å²) in [6.07, 6.45) is 0. The number of rotatable bonds is 3. The van der Waals surface area contributed by atoms with E-state index in [4.69, 9.17) is 18.6 Å². The molecule has 0 bridgehead atoms. The van der Waals surface area contributed by atoms with Crippen LogP contribution in [-0.2, 0) is 0 Å². The minimum absolute atomic E-state index is 0.0402. The van der Waals surface area contributed by atoms with Crippen LogP contribution in [0.25, 0.3) is 21.9 Å². The highest BCUT2D eigenvalue weighted by molar-refractivity contribution is 5.97. The third-order valence-corrected chi connectivity index (χ3v) is 3.49. The Morgan fingerprint density at radius 2 is 1.77 bits per heavy atom. The maximum atomic E-state index is 12.7. The SMILES string of the molecule is COc1cc2oc3c(OC)cccc3c(=O)c2c(O)c1OC. The van der Waals surface area contributed by atoms with E-state index in [1.165, 1.54) is 27.4 Å². The van der Waals surface area contributed by atoms with E-state index in [9.17, 15) is 9.90 Å². The Balaban J connectivity index is 2.55. The van der Waals surface area contributed by atoms with E-state index in [2.05, 4.69) is 0 Å². The third-order valence-electron chi connectivity index (χ3n) is 3.49. The smallest absolute Gasteiger partial charge is 0.204 e. The molecule has 0 spiro atoms. The maximum absolute atomic E-state index is 12.7. The lowest BCUT2D eigenvalue weighted by Crippen LogP contribution is -2.04. The van der Waals surface area contributed by atoms with Crippen molar-refractivity contribution >= 4 is 21.9 Å². The molecule has 0 atom stereocenters. The molecule has 1 aromatic heterocycles. The van der Waals surface area contributed by atoms with Crippen LogP contribution in [0.5, 0.6) is 23.0 Å². The van der Waals surface area contributed by atoms with Crippen molar-refractivity contribution in [3.05, 3.63) is 34.5 Å². The Labute approximate surface area is 125 Å². The summed E-state index contributed by atoms with van der Waals surface area (Å²) in [4.78, 5) is 12.7. The number of ether oxygens (including phenoxy) is 3. The molecule has 0 aliphatic rings. The molecular weight excluding hydrogens is 288 g/mol. The summed E-state index contributed by atoms with van der Waals surface area (Å²) < 4.78 is 21.2. The molecule has 0 fully saturated rings. The zero-order valence-corrected chi connectivity index (χ0v) is 12.3. The van der Waals surface area contributed by atoms with E-state index in [1.807, 2.05) is 0 Å². The van der Waals surface area contributed by atoms with E-state index < -0.39 is 0 Å². The van der Waals surface area contributed by atoms with E-state index in [0.29, 0.717) is 16.7 Å². The Hall–Kier alpha value is -2.89. The molecule has 6 heteroatoms. The summed E-state index contributed by atoms with van der Waals surface area (Å²) in [7, 11) is 4.31. The average molecular weight is 302 g/mol. The molecule has 0 radical (unpaired) electrons. The van der Waals surface area contributed by atoms with E-state index in [0.717, 1.165) is 0 Å². The van der Waals surface area contributed by atoms with Crippen molar-refractivity contribution < 1.29 is 23.7 Å². The Kier molecular flexibility index (Phi) is 3.29. The molecule has 0 saturated heterocycles. The number of fused-ring (bicyclic) bond motifs is 2. The summed E-state index contributed by atoms with van der Waals surface area (Å²) in [5, 5.41) is 10.7. The van der Waals surface area contributed by atoms with Crippen molar-refractivity contribution in [3.8, 4) is 23.0 Å². The quantitative estimate of drug-likeness (QED) is 0.749. The van der Waals surface area contributed by atoms with Crippen LogP contribution in [0, 0.1) is 0 Å². The van der Waals surface area contributed by atoms with Gasteiger partial charge < -0.3 is 23.7 Å². The molecule has 0 aliphatic heterocycles. The first-order chi connectivity index (χ1) is 10.6. The number of hydrogen-bond acceptors (Lipinski definition) is 6. The molecule has 3 aromatic rings. The molecule has 0 amide bonds. The van der Waals surface area contributed by atoms with E-state index in [-0.39, 0.29) is 33.6 Å². The lowest BCUT2D eigenvalue weighted by molar-refractivity contribution is 0.334. The predicted molar refractivity (Wildman–Crippen MR) is 81.3 cm³/mol. The van der Waals surface area contributed by atoms with Gasteiger partial charge in [-0.2, -0.15) is 0 Å². The molecule has 3 rings (SSSR count). The van der Waals surface area contributed by atoms with Gasteiger partial charge in [-0.15, -0.1) is 0 Å². The standard InChI is InChI=1S/C16H14O6/c1-19-9-6-4-5-8-13(17)12-10(22-15(8)9)7-11(20-2)16(21-3)14(12)18/h4-7,18H,1-3H3. The number of aromatic hydroxyl groups is 1. The third kappa shape index (κ3) is 1.84. The normalized spacial score (nSPS) is 10.9. The van der Waals surface area contributed by atoms with Crippen molar-refractivity contribution in [2.24, 2.45) is 0 Å². The van der Waals surface area contributed by atoms with Gasteiger partial charge >= 0.3 is 0 Å². The lowest BCUT2D eigenvalue weighted by Gasteiger charge is -2.12. The highest BCUT2D eigenvalue weighted by Crippen LogP contribution is 2.42. The summed E-state index contributed by atoms with van der Waals surface area (Å²) in [5.74, 6) is 0.482. The number of para-hydroxylation sites is 1. The molecule has 1 N–H and O–H groups in total. The van der Waals surface area contributed by atoms with Crippen LogP contribution < -0.4 is 19.6 Å².